The summed E-state index contributed by atoms with van der Waals surface area (Å²) in [7, 11) is -3.87. The molecule has 8 nitrogen and oxygen atoms in total. The average molecular weight is 510 g/mol. The Hall–Kier alpha value is -3.43. The lowest BCUT2D eigenvalue weighted by Crippen LogP contribution is -2.51. The maximum absolute atomic E-state index is 13.5. The van der Waals surface area contributed by atoms with E-state index in [1.807, 2.05) is 32.0 Å². The molecule has 0 bridgehead atoms. The predicted octanol–water partition coefficient (Wildman–Crippen LogP) is 4.55. The average Bonchev–Trinajstić information content (AvgIpc) is 2.85. The van der Waals surface area contributed by atoms with Crippen molar-refractivity contribution in [2.24, 2.45) is 5.92 Å². The molecule has 0 aromatic heterocycles. The second kappa shape index (κ2) is 10.7. The fourth-order valence-corrected chi connectivity index (χ4v) is 6.19. The summed E-state index contributed by atoms with van der Waals surface area (Å²) in [5, 5.41) is 4.08. The number of rotatable bonds is 6. The molecule has 0 aliphatic carbocycles. The van der Waals surface area contributed by atoms with Crippen molar-refractivity contribution >= 4 is 38.5 Å². The van der Waals surface area contributed by atoms with Crippen molar-refractivity contribution in [2.45, 2.75) is 38.1 Å². The summed E-state index contributed by atoms with van der Waals surface area (Å²) >= 11 is 0. The Labute approximate surface area is 211 Å². The van der Waals surface area contributed by atoms with Crippen LogP contribution >= 0.6 is 0 Å². The van der Waals surface area contributed by atoms with Crippen LogP contribution in [0.25, 0.3) is 10.8 Å². The Morgan fingerprint density at radius 3 is 2.42 bits per heavy atom. The van der Waals surface area contributed by atoms with E-state index in [1.54, 1.807) is 48.2 Å². The van der Waals surface area contributed by atoms with Crippen LogP contribution < -0.4 is 10.0 Å². The molecule has 1 fully saturated rings. The largest absolute Gasteiger partial charge is 0.450 e. The van der Waals surface area contributed by atoms with Crippen LogP contribution in [0.15, 0.2) is 65.6 Å². The first kappa shape index (κ1) is 25.7. The van der Waals surface area contributed by atoms with Crippen molar-refractivity contribution in [1.29, 1.82) is 0 Å². The molecule has 0 saturated carbocycles. The molecule has 190 valence electrons. The third-order valence-electron chi connectivity index (χ3n) is 6.55. The number of anilines is 1. The predicted molar refractivity (Wildman–Crippen MR) is 140 cm³/mol. The number of carbonyl (C=O) groups excluding carboxylic acids is 2. The molecule has 2 N–H and O–H groups in total. The lowest BCUT2D eigenvalue weighted by Gasteiger charge is -2.36. The fourth-order valence-electron chi connectivity index (χ4n) is 4.60. The van der Waals surface area contributed by atoms with Gasteiger partial charge in [0.15, 0.2) is 0 Å². The smallest absolute Gasteiger partial charge is 0.409 e. The molecule has 9 heteroatoms. The van der Waals surface area contributed by atoms with Gasteiger partial charge in [-0.15, -0.1) is 0 Å². The van der Waals surface area contributed by atoms with Crippen molar-refractivity contribution in [1.82, 2.24) is 9.62 Å². The normalized spacial score (nSPS) is 18.1. The summed E-state index contributed by atoms with van der Waals surface area (Å²) in [5.41, 5.74) is 1.95. The number of ether oxygens (including phenoxy) is 1. The van der Waals surface area contributed by atoms with Gasteiger partial charge in [0, 0.05) is 41.2 Å². The number of hydrogen-bond acceptors (Lipinski definition) is 5. The van der Waals surface area contributed by atoms with E-state index in [2.05, 4.69) is 10.0 Å². The highest BCUT2D eigenvalue weighted by molar-refractivity contribution is 7.89. The van der Waals surface area contributed by atoms with Crippen LogP contribution in [-0.4, -0.2) is 51.1 Å². The number of carbonyl (C=O) groups is 2. The summed E-state index contributed by atoms with van der Waals surface area (Å²) in [5.74, 6) is -0.342. The molecule has 1 aliphatic heterocycles. The maximum atomic E-state index is 13.5. The molecule has 2 atom stereocenters. The van der Waals surface area contributed by atoms with Crippen LogP contribution in [0.1, 0.15) is 36.2 Å². The van der Waals surface area contributed by atoms with Crippen molar-refractivity contribution in [3.63, 3.8) is 0 Å². The van der Waals surface area contributed by atoms with E-state index in [4.69, 9.17) is 4.74 Å². The monoisotopic (exact) mass is 509 g/mol. The van der Waals surface area contributed by atoms with Crippen molar-refractivity contribution in [3.8, 4) is 0 Å². The first-order valence-electron chi connectivity index (χ1n) is 12.0. The number of likely N-dealkylation sites (tertiary alicyclic amines) is 1. The van der Waals surface area contributed by atoms with Gasteiger partial charge in [0.2, 0.25) is 10.0 Å². The molecule has 4 rings (SSSR count). The Bertz CT molecular complexity index is 1390. The van der Waals surface area contributed by atoms with E-state index in [-0.39, 0.29) is 28.9 Å². The van der Waals surface area contributed by atoms with Gasteiger partial charge in [0.1, 0.15) is 0 Å². The number of sulfonamides is 1. The minimum atomic E-state index is -3.87. The summed E-state index contributed by atoms with van der Waals surface area (Å²) in [6, 6.07) is 17.2. The number of fused-ring (bicyclic) bond motifs is 1. The quantitative estimate of drug-likeness (QED) is 0.507. The van der Waals surface area contributed by atoms with Gasteiger partial charge in [0.25, 0.3) is 5.91 Å². The van der Waals surface area contributed by atoms with Gasteiger partial charge >= 0.3 is 6.09 Å². The molecule has 1 heterocycles. The molecule has 2 amide bonds. The fraction of sp³-hybridized carbons (Fsp3) is 0.333. The number of nitrogens with one attached hydrogen (secondary N) is 2. The molecular formula is C27H31N3O5S. The van der Waals surface area contributed by atoms with Crippen molar-refractivity contribution in [3.05, 3.63) is 71.8 Å². The van der Waals surface area contributed by atoms with Crippen molar-refractivity contribution in [2.75, 3.05) is 25.0 Å². The highest BCUT2D eigenvalue weighted by atomic mass is 32.2. The van der Waals surface area contributed by atoms with Crippen molar-refractivity contribution < 1.29 is 22.7 Å². The second-order valence-corrected chi connectivity index (χ2v) is 10.7. The van der Waals surface area contributed by atoms with E-state index in [0.717, 1.165) is 5.56 Å². The summed E-state index contributed by atoms with van der Waals surface area (Å²) in [6.45, 7) is 6.67. The topological polar surface area (TPSA) is 105 Å². The molecule has 1 saturated heterocycles. The lowest BCUT2D eigenvalue weighted by atomic mass is 9.95. The lowest BCUT2D eigenvalue weighted by molar-refractivity contribution is 0.0846. The molecule has 36 heavy (non-hydrogen) atoms. The zero-order chi connectivity index (χ0) is 25.9. The number of amides is 2. The zero-order valence-electron chi connectivity index (χ0n) is 20.7. The summed E-state index contributed by atoms with van der Waals surface area (Å²) in [6.07, 6.45) is 0.113. The molecule has 3 aromatic rings. The SMILES string of the molecule is CCOC(=O)N1CC[C@H](NS(=O)(=O)c2ccc(NC(=O)c3ccccc3C)c3ccccc23)C(C)C1. The minimum Gasteiger partial charge on any atom is -0.450 e. The van der Waals surface area contributed by atoms with E-state index >= 15 is 0 Å². The highest BCUT2D eigenvalue weighted by Gasteiger charge is 2.33. The molecule has 0 radical (unpaired) electrons. The van der Waals surface area contributed by atoms with Gasteiger partial charge in [-0.2, -0.15) is 0 Å². The Morgan fingerprint density at radius 1 is 1.03 bits per heavy atom. The molecular weight excluding hydrogens is 478 g/mol. The van der Waals surface area contributed by atoms with Gasteiger partial charge in [-0.3, -0.25) is 4.79 Å². The first-order chi connectivity index (χ1) is 17.2. The van der Waals surface area contributed by atoms with Gasteiger partial charge in [-0.1, -0.05) is 49.4 Å². The van der Waals surface area contributed by atoms with Gasteiger partial charge in [-0.05, 0) is 49.9 Å². The van der Waals surface area contributed by atoms with E-state index in [0.29, 0.717) is 48.1 Å². The number of aryl methyl sites for hydroxylation is 1. The van der Waals surface area contributed by atoms with Crippen LogP contribution in [0.2, 0.25) is 0 Å². The molecule has 1 unspecified atom stereocenters. The maximum Gasteiger partial charge on any atom is 0.409 e. The van der Waals surface area contributed by atoms with Crippen LogP contribution in [0.3, 0.4) is 0 Å². The second-order valence-electron chi connectivity index (χ2n) is 9.06. The number of benzene rings is 3. The van der Waals surface area contributed by atoms with Gasteiger partial charge in [-0.25, -0.2) is 17.9 Å². The third-order valence-corrected chi connectivity index (χ3v) is 8.10. The standard InChI is InChI=1S/C27H31N3O5S/c1-4-35-27(32)30-16-15-23(19(3)17-30)29-36(33,34)25-14-13-24(21-11-7-8-12-22(21)25)28-26(31)20-10-6-5-9-18(20)2/h5-14,19,23,29H,4,15-17H2,1-3H3,(H,28,31)/t19?,23-/m0/s1. The minimum absolute atomic E-state index is 0.0862. The first-order valence-corrected chi connectivity index (χ1v) is 13.5. The Morgan fingerprint density at radius 2 is 1.72 bits per heavy atom. The van der Waals surface area contributed by atoms with Crippen LogP contribution in [-0.2, 0) is 14.8 Å². The Balaban J connectivity index is 1.57. The van der Waals surface area contributed by atoms with Crippen LogP contribution in [0.4, 0.5) is 10.5 Å². The molecule has 3 aromatic carbocycles. The van der Waals surface area contributed by atoms with Crippen LogP contribution in [0.5, 0.6) is 0 Å². The van der Waals surface area contributed by atoms with Crippen LogP contribution in [0, 0.1) is 12.8 Å². The van der Waals surface area contributed by atoms with Gasteiger partial charge < -0.3 is 15.0 Å². The summed E-state index contributed by atoms with van der Waals surface area (Å²) < 4.78 is 34.9. The van der Waals surface area contributed by atoms with E-state index in [9.17, 15) is 18.0 Å². The number of nitrogens with zero attached hydrogens (tertiary/aromatic N) is 1. The summed E-state index contributed by atoms with van der Waals surface area (Å²) in [4.78, 5) is 26.7. The van der Waals surface area contributed by atoms with E-state index < -0.39 is 10.0 Å². The molecule has 1 aliphatic rings. The number of piperidine rings is 1. The Kier molecular flexibility index (Phi) is 7.61. The number of hydrogen-bond donors (Lipinski definition) is 2. The van der Waals surface area contributed by atoms with E-state index in [1.165, 1.54) is 6.07 Å². The zero-order valence-corrected chi connectivity index (χ0v) is 21.5. The molecule has 0 spiro atoms. The van der Waals surface area contributed by atoms with Gasteiger partial charge in [0.05, 0.1) is 11.5 Å². The third kappa shape index (κ3) is 5.37. The highest BCUT2D eigenvalue weighted by Crippen LogP contribution is 2.31.